The quantitative estimate of drug-likeness (QED) is 0.791. The summed E-state index contributed by atoms with van der Waals surface area (Å²) in [6.07, 6.45) is 4.08. The molecule has 0 radical (unpaired) electrons. The zero-order valence-electron chi connectivity index (χ0n) is 12.1. The van der Waals surface area contributed by atoms with Crippen LogP contribution in [-0.2, 0) is 0 Å². The van der Waals surface area contributed by atoms with E-state index >= 15 is 0 Å². The molecule has 1 aromatic carbocycles. The van der Waals surface area contributed by atoms with E-state index < -0.39 is 0 Å². The second-order valence-corrected chi connectivity index (χ2v) is 5.74. The summed E-state index contributed by atoms with van der Waals surface area (Å²) in [5, 5.41) is 0.788. The Balaban J connectivity index is 2.20. The molecule has 106 valence electrons. The maximum Gasteiger partial charge on any atom is 0.0478 e. The first kappa shape index (κ1) is 15.0. The highest BCUT2D eigenvalue weighted by Gasteiger charge is 2.15. The van der Waals surface area contributed by atoms with Gasteiger partial charge in [-0.25, -0.2) is 0 Å². The van der Waals surface area contributed by atoms with Gasteiger partial charge in [-0.1, -0.05) is 29.8 Å². The molecule has 0 aliphatic carbocycles. The molecule has 0 fully saturated rings. The van der Waals surface area contributed by atoms with Crippen LogP contribution in [0.1, 0.15) is 30.0 Å². The number of aromatic nitrogens is 1. The third-order valence-corrected chi connectivity index (χ3v) is 3.63. The molecule has 3 heteroatoms. The standard InChI is InChI=1S/C17H21ClN2/c1-20(2)12-6-9-16(17-10-3-4-11-19-17)14-7-5-8-15(18)13-14/h3-5,7-8,10-11,13,16H,6,9,12H2,1-2H3. The lowest BCUT2D eigenvalue weighted by molar-refractivity contribution is 0.389. The zero-order chi connectivity index (χ0) is 14.4. The van der Waals surface area contributed by atoms with E-state index in [0.717, 1.165) is 30.1 Å². The predicted octanol–water partition coefficient (Wildman–Crippen LogP) is 4.21. The van der Waals surface area contributed by atoms with Crippen LogP contribution in [0.5, 0.6) is 0 Å². The molecule has 20 heavy (non-hydrogen) atoms. The summed E-state index contributed by atoms with van der Waals surface area (Å²) in [7, 11) is 4.21. The molecule has 1 aromatic heterocycles. The van der Waals surface area contributed by atoms with Crippen LogP contribution in [0.3, 0.4) is 0 Å². The summed E-state index contributed by atoms with van der Waals surface area (Å²) < 4.78 is 0. The molecular weight excluding hydrogens is 268 g/mol. The highest BCUT2D eigenvalue weighted by molar-refractivity contribution is 6.30. The average molecular weight is 289 g/mol. The maximum absolute atomic E-state index is 6.13. The Hall–Kier alpha value is -1.38. The first-order chi connectivity index (χ1) is 9.66. The van der Waals surface area contributed by atoms with Crippen LogP contribution in [0.25, 0.3) is 0 Å². The summed E-state index contributed by atoms with van der Waals surface area (Å²) in [5.41, 5.74) is 2.36. The van der Waals surface area contributed by atoms with Crippen LogP contribution in [-0.4, -0.2) is 30.5 Å². The Kier molecular flexibility index (Phi) is 5.57. The Labute approximate surface area is 126 Å². The highest BCUT2D eigenvalue weighted by Crippen LogP contribution is 2.29. The smallest absolute Gasteiger partial charge is 0.0478 e. The molecule has 1 unspecified atom stereocenters. The molecule has 2 nitrogen and oxygen atoms in total. The SMILES string of the molecule is CN(C)CCCC(c1cccc(Cl)c1)c1ccccn1. The first-order valence-corrected chi connectivity index (χ1v) is 7.36. The summed E-state index contributed by atoms with van der Waals surface area (Å²) in [4.78, 5) is 6.74. The highest BCUT2D eigenvalue weighted by atomic mass is 35.5. The molecule has 2 aromatic rings. The van der Waals surface area contributed by atoms with Crippen LogP contribution < -0.4 is 0 Å². The van der Waals surface area contributed by atoms with Gasteiger partial charge in [-0.2, -0.15) is 0 Å². The van der Waals surface area contributed by atoms with Crippen molar-refractivity contribution in [2.24, 2.45) is 0 Å². The predicted molar refractivity (Wildman–Crippen MR) is 85.3 cm³/mol. The third kappa shape index (κ3) is 4.32. The van der Waals surface area contributed by atoms with E-state index in [1.807, 2.05) is 30.5 Å². The van der Waals surface area contributed by atoms with Crippen molar-refractivity contribution < 1.29 is 0 Å². The minimum absolute atomic E-state index is 0.315. The van der Waals surface area contributed by atoms with E-state index in [9.17, 15) is 0 Å². The number of benzene rings is 1. The number of rotatable bonds is 6. The van der Waals surface area contributed by atoms with E-state index in [0.29, 0.717) is 5.92 Å². The van der Waals surface area contributed by atoms with Crippen LogP contribution in [0, 0.1) is 0 Å². The second kappa shape index (κ2) is 7.41. The minimum atomic E-state index is 0.315. The molecule has 0 saturated heterocycles. The van der Waals surface area contributed by atoms with Gasteiger partial charge in [0.15, 0.2) is 0 Å². The summed E-state index contributed by atoms with van der Waals surface area (Å²) in [5.74, 6) is 0.315. The lowest BCUT2D eigenvalue weighted by Gasteiger charge is -2.18. The summed E-state index contributed by atoms with van der Waals surface area (Å²) in [6.45, 7) is 1.09. The van der Waals surface area contributed by atoms with Crippen molar-refractivity contribution in [2.45, 2.75) is 18.8 Å². The minimum Gasteiger partial charge on any atom is -0.309 e. The van der Waals surface area contributed by atoms with Gasteiger partial charge < -0.3 is 4.90 Å². The van der Waals surface area contributed by atoms with E-state index in [1.165, 1.54) is 5.56 Å². The van der Waals surface area contributed by atoms with Crippen molar-refractivity contribution in [1.29, 1.82) is 0 Å². The second-order valence-electron chi connectivity index (χ2n) is 5.31. The largest absolute Gasteiger partial charge is 0.309 e. The number of hydrogen-bond donors (Lipinski definition) is 0. The van der Waals surface area contributed by atoms with E-state index in [4.69, 9.17) is 11.6 Å². The van der Waals surface area contributed by atoms with Gasteiger partial charge in [0, 0.05) is 22.8 Å². The van der Waals surface area contributed by atoms with Crippen molar-refractivity contribution in [1.82, 2.24) is 9.88 Å². The fraction of sp³-hybridized carbons (Fsp3) is 0.353. The molecule has 1 atom stereocenters. The summed E-state index contributed by atoms with van der Waals surface area (Å²) >= 11 is 6.13. The van der Waals surface area contributed by atoms with Gasteiger partial charge in [-0.15, -0.1) is 0 Å². The number of pyridine rings is 1. The maximum atomic E-state index is 6.13. The van der Waals surface area contributed by atoms with Crippen molar-refractivity contribution in [2.75, 3.05) is 20.6 Å². The van der Waals surface area contributed by atoms with Gasteiger partial charge in [0.05, 0.1) is 0 Å². The van der Waals surface area contributed by atoms with Gasteiger partial charge in [0.1, 0.15) is 0 Å². The monoisotopic (exact) mass is 288 g/mol. The van der Waals surface area contributed by atoms with Gasteiger partial charge in [-0.3, -0.25) is 4.98 Å². The molecule has 1 heterocycles. The van der Waals surface area contributed by atoms with Crippen molar-refractivity contribution in [3.05, 3.63) is 64.9 Å². The molecule has 0 bridgehead atoms. The van der Waals surface area contributed by atoms with Crippen LogP contribution in [0.4, 0.5) is 0 Å². The van der Waals surface area contributed by atoms with Crippen molar-refractivity contribution in [3.63, 3.8) is 0 Å². The van der Waals surface area contributed by atoms with Gasteiger partial charge >= 0.3 is 0 Å². The van der Waals surface area contributed by atoms with Crippen molar-refractivity contribution >= 4 is 11.6 Å². The normalized spacial score (nSPS) is 12.6. The average Bonchev–Trinajstić information content (AvgIpc) is 2.44. The molecular formula is C17H21ClN2. The summed E-state index contributed by atoms with van der Waals surface area (Å²) in [6, 6.07) is 14.2. The van der Waals surface area contributed by atoms with Gasteiger partial charge in [0.2, 0.25) is 0 Å². The van der Waals surface area contributed by atoms with Gasteiger partial charge in [0.25, 0.3) is 0 Å². The van der Waals surface area contributed by atoms with Crippen LogP contribution >= 0.6 is 11.6 Å². The zero-order valence-corrected chi connectivity index (χ0v) is 12.8. The fourth-order valence-corrected chi connectivity index (χ4v) is 2.60. The Morgan fingerprint density at radius 2 is 2.00 bits per heavy atom. The molecule has 0 aliphatic heterocycles. The number of nitrogens with zero attached hydrogens (tertiary/aromatic N) is 2. The molecule has 2 rings (SSSR count). The molecule has 0 aliphatic rings. The van der Waals surface area contributed by atoms with E-state index in [2.05, 4.69) is 42.2 Å². The van der Waals surface area contributed by atoms with Crippen LogP contribution in [0.15, 0.2) is 48.7 Å². The lowest BCUT2D eigenvalue weighted by atomic mass is 9.90. The molecule has 0 N–H and O–H groups in total. The van der Waals surface area contributed by atoms with Crippen LogP contribution in [0.2, 0.25) is 5.02 Å². The molecule has 0 saturated carbocycles. The Morgan fingerprint density at radius 1 is 1.15 bits per heavy atom. The lowest BCUT2D eigenvalue weighted by Crippen LogP contribution is -2.14. The van der Waals surface area contributed by atoms with E-state index in [1.54, 1.807) is 0 Å². The van der Waals surface area contributed by atoms with Gasteiger partial charge in [-0.05, 0) is 63.3 Å². The number of halogens is 1. The first-order valence-electron chi connectivity index (χ1n) is 6.98. The van der Waals surface area contributed by atoms with E-state index in [-0.39, 0.29) is 0 Å². The molecule has 0 amide bonds. The Morgan fingerprint density at radius 3 is 2.65 bits per heavy atom. The number of hydrogen-bond acceptors (Lipinski definition) is 2. The molecule has 0 spiro atoms. The third-order valence-electron chi connectivity index (χ3n) is 3.39. The topological polar surface area (TPSA) is 16.1 Å². The Bertz CT molecular complexity index is 526. The van der Waals surface area contributed by atoms with Crippen molar-refractivity contribution in [3.8, 4) is 0 Å². The fourth-order valence-electron chi connectivity index (χ4n) is 2.40.